The monoisotopic (exact) mass is 427 g/mol. The second-order valence-electron chi connectivity index (χ2n) is 6.58. The van der Waals surface area contributed by atoms with Crippen molar-refractivity contribution in [2.24, 2.45) is 0 Å². The van der Waals surface area contributed by atoms with Gasteiger partial charge in [0.15, 0.2) is 5.78 Å². The van der Waals surface area contributed by atoms with Gasteiger partial charge in [0.2, 0.25) is 0 Å². The minimum Gasteiger partial charge on any atom is -0.303 e. The van der Waals surface area contributed by atoms with E-state index in [1.165, 1.54) is 32.1 Å². The standard InChI is InChI=1S/C22H27Cl2NO.ClH/c1-2-3-4-5-6-7-16-25-21(17-8-12-19(23)13-9-17)22(26)18-10-14-20(24)15-11-18;/h8-15,21,25H,2-7,16H2,1H3;1H. The van der Waals surface area contributed by atoms with Crippen LogP contribution < -0.4 is 5.32 Å². The first-order valence-corrected chi connectivity index (χ1v) is 10.2. The average Bonchev–Trinajstić information content (AvgIpc) is 2.65. The maximum atomic E-state index is 13.0. The number of nitrogens with one attached hydrogen (secondary N) is 1. The van der Waals surface area contributed by atoms with E-state index in [0.29, 0.717) is 15.6 Å². The van der Waals surface area contributed by atoms with Gasteiger partial charge in [0, 0.05) is 15.6 Å². The number of halogens is 3. The Kier molecular flexibility index (Phi) is 11.7. The number of ketones is 1. The van der Waals surface area contributed by atoms with Crippen molar-refractivity contribution in [1.29, 1.82) is 0 Å². The molecule has 0 radical (unpaired) electrons. The number of Topliss-reactive ketones (excluding diaryl/α,β-unsaturated/α-hetero) is 1. The fourth-order valence-corrected chi connectivity index (χ4v) is 3.20. The summed E-state index contributed by atoms with van der Waals surface area (Å²) in [5.74, 6) is 0.0509. The zero-order valence-corrected chi connectivity index (χ0v) is 18.0. The summed E-state index contributed by atoms with van der Waals surface area (Å²) in [6, 6.07) is 14.2. The summed E-state index contributed by atoms with van der Waals surface area (Å²) >= 11 is 11.9. The second-order valence-corrected chi connectivity index (χ2v) is 7.45. The molecule has 148 valence electrons. The van der Waals surface area contributed by atoms with Gasteiger partial charge in [-0.25, -0.2) is 0 Å². The van der Waals surface area contributed by atoms with E-state index >= 15 is 0 Å². The molecule has 2 aromatic carbocycles. The number of benzene rings is 2. The third-order valence-electron chi connectivity index (χ3n) is 4.47. The van der Waals surface area contributed by atoms with E-state index in [0.717, 1.165) is 18.5 Å². The number of carbonyl (C=O) groups is 1. The van der Waals surface area contributed by atoms with Crippen molar-refractivity contribution in [2.45, 2.75) is 51.5 Å². The van der Waals surface area contributed by atoms with Gasteiger partial charge in [-0.15, -0.1) is 12.4 Å². The van der Waals surface area contributed by atoms with E-state index in [9.17, 15) is 4.79 Å². The first kappa shape index (κ1) is 24.0. The molecule has 0 aliphatic carbocycles. The van der Waals surface area contributed by atoms with Crippen molar-refractivity contribution in [3.05, 3.63) is 69.7 Å². The zero-order valence-electron chi connectivity index (χ0n) is 15.7. The number of carbonyl (C=O) groups excluding carboxylic acids is 1. The van der Waals surface area contributed by atoms with Crippen LogP contribution in [0.25, 0.3) is 0 Å². The molecule has 0 aliphatic heterocycles. The lowest BCUT2D eigenvalue weighted by Crippen LogP contribution is -2.29. The van der Waals surface area contributed by atoms with E-state index in [1.807, 2.05) is 24.3 Å². The summed E-state index contributed by atoms with van der Waals surface area (Å²) in [7, 11) is 0. The number of unbranched alkanes of at least 4 members (excludes halogenated alkanes) is 5. The quantitative estimate of drug-likeness (QED) is 0.301. The Morgan fingerprint density at radius 3 is 1.96 bits per heavy atom. The minimum absolute atomic E-state index is 0. The van der Waals surface area contributed by atoms with Gasteiger partial charge >= 0.3 is 0 Å². The smallest absolute Gasteiger partial charge is 0.184 e. The van der Waals surface area contributed by atoms with Crippen LogP contribution >= 0.6 is 35.6 Å². The second kappa shape index (κ2) is 13.2. The van der Waals surface area contributed by atoms with Crippen LogP contribution in [0.5, 0.6) is 0 Å². The fourth-order valence-electron chi connectivity index (χ4n) is 2.95. The number of rotatable bonds is 11. The van der Waals surface area contributed by atoms with Gasteiger partial charge in [0.1, 0.15) is 0 Å². The van der Waals surface area contributed by atoms with Crippen LogP contribution in [0.3, 0.4) is 0 Å². The molecule has 0 saturated heterocycles. The van der Waals surface area contributed by atoms with Gasteiger partial charge < -0.3 is 5.32 Å². The fraction of sp³-hybridized carbons (Fsp3) is 0.409. The Morgan fingerprint density at radius 1 is 0.852 bits per heavy atom. The summed E-state index contributed by atoms with van der Waals surface area (Å²) in [6.45, 7) is 3.04. The van der Waals surface area contributed by atoms with Crippen LogP contribution in [-0.2, 0) is 0 Å². The molecule has 0 heterocycles. The van der Waals surface area contributed by atoms with Gasteiger partial charge in [-0.3, -0.25) is 4.79 Å². The maximum Gasteiger partial charge on any atom is 0.184 e. The molecule has 0 amide bonds. The van der Waals surface area contributed by atoms with Crippen molar-refractivity contribution in [2.75, 3.05) is 6.54 Å². The average molecular weight is 429 g/mol. The molecule has 5 heteroatoms. The van der Waals surface area contributed by atoms with Crippen molar-refractivity contribution < 1.29 is 4.79 Å². The summed E-state index contributed by atoms with van der Waals surface area (Å²) in [5.41, 5.74) is 1.59. The molecule has 2 aromatic rings. The molecule has 2 nitrogen and oxygen atoms in total. The van der Waals surface area contributed by atoms with Crippen LogP contribution in [0.1, 0.15) is 67.4 Å². The van der Waals surface area contributed by atoms with Crippen LogP contribution in [-0.4, -0.2) is 12.3 Å². The van der Waals surface area contributed by atoms with E-state index in [2.05, 4.69) is 12.2 Å². The summed E-state index contributed by atoms with van der Waals surface area (Å²) in [5, 5.41) is 4.73. The third-order valence-corrected chi connectivity index (χ3v) is 4.98. The zero-order chi connectivity index (χ0) is 18.8. The first-order valence-electron chi connectivity index (χ1n) is 9.40. The summed E-state index contributed by atoms with van der Waals surface area (Å²) < 4.78 is 0. The predicted octanol–water partition coefficient (Wildman–Crippen LogP) is 7.29. The van der Waals surface area contributed by atoms with Gasteiger partial charge in [-0.1, -0.05) is 74.4 Å². The Labute approximate surface area is 179 Å². The lowest BCUT2D eigenvalue weighted by atomic mass is 9.97. The molecule has 0 spiro atoms. The van der Waals surface area contributed by atoms with Crippen LogP contribution in [0.4, 0.5) is 0 Å². The van der Waals surface area contributed by atoms with Crippen molar-refractivity contribution >= 4 is 41.4 Å². The molecule has 0 fully saturated rings. The highest BCUT2D eigenvalue weighted by atomic mass is 35.5. The maximum absolute atomic E-state index is 13.0. The molecular weight excluding hydrogens is 401 g/mol. The molecule has 0 aromatic heterocycles. The van der Waals surface area contributed by atoms with E-state index in [-0.39, 0.29) is 24.2 Å². The topological polar surface area (TPSA) is 29.1 Å². The summed E-state index contributed by atoms with van der Waals surface area (Å²) in [6.07, 6.45) is 7.37. The largest absolute Gasteiger partial charge is 0.303 e. The highest BCUT2D eigenvalue weighted by Gasteiger charge is 2.21. The van der Waals surface area contributed by atoms with Crippen molar-refractivity contribution in [3.8, 4) is 0 Å². The van der Waals surface area contributed by atoms with Crippen LogP contribution in [0.15, 0.2) is 48.5 Å². The van der Waals surface area contributed by atoms with E-state index in [4.69, 9.17) is 23.2 Å². The first-order chi connectivity index (χ1) is 12.6. The SMILES string of the molecule is CCCCCCCCNC(C(=O)c1ccc(Cl)cc1)c1ccc(Cl)cc1.Cl. The Balaban J connectivity index is 0.00000364. The number of hydrogen-bond donors (Lipinski definition) is 1. The molecule has 1 unspecified atom stereocenters. The molecule has 1 N–H and O–H groups in total. The lowest BCUT2D eigenvalue weighted by Gasteiger charge is -2.18. The minimum atomic E-state index is -0.371. The summed E-state index contributed by atoms with van der Waals surface area (Å²) in [4.78, 5) is 13.0. The molecular formula is C22H28Cl3NO. The van der Waals surface area contributed by atoms with Crippen LogP contribution in [0, 0.1) is 0 Å². The molecule has 1 atom stereocenters. The predicted molar refractivity (Wildman–Crippen MR) is 119 cm³/mol. The van der Waals surface area contributed by atoms with Crippen molar-refractivity contribution in [1.82, 2.24) is 5.32 Å². The molecule has 0 aliphatic rings. The van der Waals surface area contributed by atoms with Gasteiger partial charge in [-0.05, 0) is 54.9 Å². The van der Waals surface area contributed by atoms with E-state index in [1.54, 1.807) is 24.3 Å². The normalized spacial score (nSPS) is 11.7. The van der Waals surface area contributed by atoms with Gasteiger partial charge in [0.25, 0.3) is 0 Å². The lowest BCUT2D eigenvalue weighted by molar-refractivity contribution is 0.0942. The van der Waals surface area contributed by atoms with Gasteiger partial charge in [0.05, 0.1) is 6.04 Å². The van der Waals surface area contributed by atoms with Crippen LogP contribution in [0.2, 0.25) is 10.0 Å². The molecule has 2 rings (SSSR count). The molecule has 27 heavy (non-hydrogen) atoms. The van der Waals surface area contributed by atoms with E-state index < -0.39 is 0 Å². The highest BCUT2D eigenvalue weighted by molar-refractivity contribution is 6.31. The Hall–Kier alpha value is -1.06. The Morgan fingerprint density at radius 2 is 1.37 bits per heavy atom. The molecule has 0 bridgehead atoms. The Bertz CT molecular complexity index is 671. The third kappa shape index (κ3) is 8.23. The van der Waals surface area contributed by atoms with Gasteiger partial charge in [-0.2, -0.15) is 0 Å². The van der Waals surface area contributed by atoms with Crippen molar-refractivity contribution in [3.63, 3.8) is 0 Å². The molecule has 0 saturated carbocycles. The number of hydrogen-bond acceptors (Lipinski definition) is 2. The highest BCUT2D eigenvalue weighted by Crippen LogP contribution is 2.22.